The monoisotopic (exact) mass is 1120 g/mol. The summed E-state index contributed by atoms with van der Waals surface area (Å²) in [5.74, 6) is 4.13. The number of halogens is 2. The van der Waals surface area contributed by atoms with Gasteiger partial charge in [-0.15, -0.1) is 0 Å². The van der Waals surface area contributed by atoms with Gasteiger partial charge in [0.1, 0.15) is 67.5 Å². The number of thiol groups is 1. The van der Waals surface area contributed by atoms with Crippen molar-refractivity contribution in [2.45, 2.75) is 88.7 Å². The molecule has 6 aromatic rings. The Hall–Kier alpha value is -4.93. The number of nitrogens with one attached hydrogen (secondary N) is 1. The third kappa shape index (κ3) is 18.1. The topological polar surface area (TPSA) is 102 Å². The first-order valence-corrected chi connectivity index (χ1v) is 27.8. The molecule has 0 aliphatic heterocycles. The van der Waals surface area contributed by atoms with E-state index in [1.807, 2.05) is 97.1 Å². The zero-order chi connectivity index (χ0) is 47.5. The van der Waals surface area contributed by atoms with E-state index in [1.165, 1.54) is 51.4 Å². The summed E-state index contributed by atoms with van der Waals surface area (Å²) in [5, 5.41) is 0. The number of carbonyl (C=O) groups excluding carboxylic acids is 2. The maximum absolute atomic E-state index is 11.5. The molecule has 344 valence electrons. The molecular weight excluding hydrogens is 1060 g/mol. The molecule has 0 saturated carbocycles. The van der Waals surface area contributed by atoms with Crippen LogP contribution in [0.3, 0.4) is 0 Å². The van der Waals surface area contributed by atoms with E-state index in [0.717, 1.165) is 45.3 Å². The summed E-state index contributed by atoms with van der Waals surface area (Å²) in [7, 11) is 0. The van der Waals surface area contributed by atoms with Crippen molar-refractivity contribution in [3.63, 3.8) is 0 Å². The Morgan fingerprint density at radius 1 is 0.400 bits per heavy atom. The Balaban J connectivity index is 0.000000274. The van der Waals surface area contributed by atoms with Crippen molar-refractivity contribution in [1.29, 1.82) is 0 Å². The number of rotatable bonds is 18. The number of amides is 1. The molecule has 1 amide bonds. The average Bonchev–Trinajstić information content (AvgIpc) is 3.30. The summed E-state index contributed by atoms with van der Waals surface area (Å²) in [6, 6.07) is 35.8. The molecule has 0 saturated heterocycles. The number of hydrogen-bond acceptors (Lipinski definition) is 9. The zero-order valence-electron chi connectivity index (χ0n) is 38.6. The summed E-state index contributed by atoms with van der Waals surface area (Å²) in [6.07, 6.45) is 0. The molecule has 12 heteroatoms. The van der Waals surface area contributed by atoms with E-state index in [-0.39, 0.29) is 24.9 Å². The van der Waals surface area contributed by atoms with E-state index in [0.29, 0.717) is 37.9 Å². The van der Waals surface area contributed by atoms with Crippen molar-refractivity contribution >= 4 is 61.7 Å². The predicted molar refractivity (Wildman–Crippen MR) is 281 cm³/mol. The normalized spacial score (nSPS) is 10.3. The number of carbonyl (C=O) groups is 2. The van der Waals surface area contributed by atoms with Crippen LogP contribution in [0.4, 0.5) is 0 Å². The molecule has 65 heavy (non-hydrogen) atoms. The fourth-order valence-electron chi connectivity index (χ4n) is 6.20. The minimum Gasteiger partial charge on any atom is -0.489 e. The molecular formula is C53H59I2NO8S. The molecule has 6 rings (SSSR count). The quantitative estimate of drug-likeness (QED) is 0.0648. The molecule has 0 aromatic heterocycles. The van der Waals surface area contributed by atoms with Crippen LogP contribution in [0.1, 0.15) is 73.7 Å². The molecule has 0 bridgehead atoms. The van der Waals surface area contributed by atoms with E-state index < -0.39 is 0 Å². The Labute approximate surface area is 413 Å². The van der Waals surface area contributed by atoms with Gasteiger partial charge in [-0.05, 0) is 214 Å². The van der Waals surface area contributed by atoms with Gasteiger partial charge < -0.3 is 28.4 Å². The van der Waals surface area contributed by atoms with E-state index in [1.54, 1.807) is 0 Å². The molecule has 0 aliphatic carbocycles. The predicted octanol–water partition coefficient (Wildman–Crippen LogP) is 13.2. The van der Waals surface area contributed by atoms with Gasteiger partial charge in [0, 0.05) is 37.2 Å². The van der Waals surface area contributed by atoms with E-state index in [9.17, 15) is 9.59 Å². The molecule has 0 unspecified atom stereocenters. The zero-order valence-corrected chi connectivity index (χ0v) is 43.8. The van der Waals surface area contributed by atoms with Gasteiger partial charge in [0.05, 0.1) is 0 Å². The second kappa shape index (κ2) is 26.9. The minimum absolute atomic E-state index is 0.0234. The van der Waals surface area contributed by atoms with Crippen LogP contribution in [0.2, 0.25) is 0 Å². The highest BCUT2D eigenvalue weighted by molar-refractivity contribution is 15.0. The number of ether oxygens (including phenoxy) is 6. The van der Waals surface area contributed by atoms with Crippen molar-refractivity contribution in [2.24, 2.45) is 0 Å². The van der Waals surface area contributed by atoms with Crippen molar-refractivity contribution in [3.05, 3.63) is 176 Å². The standard InChI is InChI=1S/C27H30O4.C26H29NO4S.I2/c1-18-6-8-25(10-20(18)3)30-16-23-12-24(14-27(13-23)29-15-22(5)28)17-31-26-9-7-19(2)21(4)11-26;1-17-5-7-23(9-19(17)3)29-14-21-11-22(13-25(12-21)31-16-26(28)27-32)15-30-24-8-6-18(2)20(4)10-24;1-2/h6-14H,15-17H2,1-5H3;5-13,32H,14-16H2,1-4H3,(H,27,28);. The number of ketones is 1. The average molecular weight is 1120 g/mol. The maximum Gasteiger partial charge on any atom is 0.267 e. The van der Waals surface area contributed by atoms with Gasteiger partial charge in [-0.1, -0.05) is 37.1 Å². The highest BCUT2D eigenvalue weighted by Gasteiger charge is 2.10. The van der Waals surface area contributed by atoms with Gasteiger partial charge in [-0.2, -0.15) is 0 Å². The van der Waals surface area contributed by atoms with E-state index in [2.05, 4.69) is 122 Å². The molecule has 0 spiro atoms. The van der Waals surface area contributed by atoms with Crippen LogP contribution in [0, 0.1) is 55.4 Å². The van der Waals surface area contributed by atoms with Gasteiger partial charge in [0.15, 0.2) is 12.4 Å². The summed E-state index contributed by atoms with van der Waals surface area (Å²) >= 11 is 8.00. The molecule has 0 atom stereocenters. The number of Topliss-reactive ketones (excluding diaryl/α,β-unsaturated/α-hetero) is 1. The lowest BCUT2D eigenvalue weighted by Crippen LogP contribution is -2.21. The van der Waals surface area contributed by atoms with Crippen molar-refractivity contribution in [3.8, 4) is 34.5 Å². The third-order valence-corrected chi connectivity index (χ3v) is 10.8. The SMILES string of the molecule is CC(=O)COc1cc(COc2ccc(C)c(C)c2)cc(COc2ccc(C)c(C)c2)c1.Cc1ccc(OCc2cc(COc3ccc(C)c(C)c3)cc(OCC(=O)NS)c2)cc1C.II. The molecule has 0 aliphatic rings. The van der Waals surface area contributed by atoms with Gasteiger partial charge >= 0.3 is 0 Å². The number of aryl methyl sites for hydroxylation is 8. The summed E-state index contributed by atoms with van der Waals surface area (Å²) in [6.45, 7) is 19.5. The fraction of sp³-hybridized carbons (Fsp3) is 0.283. The second-order valence-electron chi connectivity index (χ2n) is 15.9. The molecule has 9 nitrogen and oxygen atoms in total. The molecule has 0 heterocycles. The lowest BCUT2D eigenvalue weighted by molar-refractivity contribution is -0.121. The first kappa shape index (κ1) is 52.7. The number of benzene rings is 6. The highest BCUT2D eigenvalue weighted by atomic mass is 128. The van der Waals surface area contributed by atoms with Crippen LogP contribution < -0.4 is 33.1 Å². The van der Waals surface area contributed by atoms with Crippen LogP contribution in [0.5, 0.6) is 34.5 Å². The van der Waals surface area contributed by atoms with E-state index >= 15 is 0 Å². The maximum atomic E-state index is 11.5. The Kier molecular flexibility index (Phi) is 21.8. The van der Waals surface area contributed by atoms with Gasteiger partial charge in [-0.25, -0.2) is 0 Å². The van der Waals surface area contributed by atoms with Crippen LogP contribution in [-0.4, -0.2) is 24.9 Å². The molecule has 0 radical (unpaired) electrons. The van der Waals surface area contributed by atoms with Gasteiger partial charge in [-0.3, -0.25) is 14.3 Å². The van der Waals surface area contributed by atoms with Gasteiger partial charge in [0.25, 0.3) is 5.91 Å². The van der Waals surface area contributed by atoms with Crippen LogP contribution in [-0.2, 0) is 36.0 Å². The summed E-state index contributed by atoms with van der Waals surface area (Å²) in [5.41, 5.74) is 13.4. The highest BCUT2D eigenvalue weighted by Crippen LogP contribution is 2.26. The largest absolute Gasteiger partial charge is 0.489 e. The summed E-state index contributed by atoms with van der Waals surface area (Å²) < 4.78 is 37.5. The second-order valence-corrected chi connectivity index (χ2v) is 16.1. The molecule has 0 fully saturated rings. The first-order valence-electron chi connectivity index (χ1n) is 21.0. The van der Waals surface area contributed by atoms with Crippen molar-refractivity contribution in [2.75, 3.05) is 13.2 Å². The Morgan fingerprint density at radius 2 is 0.677 bits per heavy atom. The van der Waals surface area contributed by atoms with E-state index in [4.69, 9.17) is 28.4 Å². The van der Waals surface area contributed by atoms with Crippen LogP contribution in [0.25, 0.3) is 0 Å². The Morgan fingerprint density at radius 3 is 0.923 bits per heavy atom. The van der Waals surface area contributed by atoms with Crippen molar-refractivity contribution in [1.82, 2.24) is 4.72 Å². The van der Waals surface area contributed by atoms with Crippen LogP contribution >= 0.6 is 50.0 Å². The number of hydrogen-bond donors (Lipinski definition) is 2. The van der Waals surface area contributed by atoms with Crippen LogP contribution in [0.15, 0.2) is 109 Å². The Bertz CT molecular complexity index is 2380. The minimum atomic E-state index is -0.321. The van der Waals surface area contributed by atoms with Gasteiger partial charge in [0.2, 0.25) is 0 Å². The lowest BCUT2D eigenvalue weighted by Gasteiger charge is -2.14. The molecule has 6 aromatic carbocycles. The summed E-state index contributed by atoms with van der Waals surface area (Å²) in [4.78, 5) is 22.9. The third-order valence-electron chi connectivity index (χ3n) is 10.5. The first-order chi connectivity index (χ1) is 31.1. The van der Waals surface area contributed by atoms with Crippen molar-refractivity contribution < 1.29 is 38.0 Å². The molecule has 1 N–H and O–H groups in total. The smallest absolute Gasteiger partial charge is 0.267 e. The fourth-order valence-corrected chi connectivity index (χ4v) is 6.27. The lowest BCUT2D eigenvalue weighted by atomic mass is 10.1.